The largest absolute Gasteiger partial charge is 0.480 e. The summed E-state index contributed by atoms with van der Waals surface area (Å²) >= 11 is 0. The molecule has 6 heteroatoms. The molecule has 0 saturated heterocycles. The van der Waals surface area contributed by atoms with Crippen molar-refractivity contribution in [1.82, 2.24) is 10.6 Å². The highest BCUT2D eigenvalue weighted by Gasteiger charge is 2.24. The molecule has 4 N–H and O–H groups in total. The molecule has 0 heterocycles. The van der Waals surface area contributed by atoms with Gasteiger partial charge in [0.15, 0.2) is 6.04 Å². The average molecular weight is 266 g/mol. The molecule has 104 valence electrons. The minimum absolute atomic E-state index is 0.391. The van der Waals surface area contributed by atoms with Crippen LogP contribution < -0.4 is 10.6 Å². The highest BCUT2D eigenvalue weighted by molar-refractivity contribution is 5.82. The summed E-state index contributed by atoms with van der Waals surface area (Å²) in [7, 11) is 0. The second-order valence-corrected chi connectivity index (χ2v) is 4.19. The van der Waals surface area contributed by atoms with Crippen LogP contribution in [-0.4, -0.2) is 40.9 Å². The van der Waals surface area contributed by atoms with E-state index in [9.17, 15) is 14.7 Å². The number of carboxylic acids is 1. The molecule has 0 aromatic heterocycles. The lowest BCUT2D eigenvalue weighted by Crippen LogP contribution is -2.51. The maximum atomic E-state index is 11.5. The molecule has 0 saturated carbocycles. The van der Waals surface area contributed by atoms with Crippen LogP contribution in [-0.2, 0) is 11.2 Å². The highest BCUT2D eigenvalue weighted by atomic mass is 16.4. The predicted octanol–water partition coefficient (Wildman–Crippen LogP) is 0.362. The number of nitrogens with one attached hydrogen (secondary N) is 2. The van der Waals surface area contributed by atoms with Gasteiger partial charge in [0.05, 0.1) is 6.10 Å². The summed E-state index contributed by atoms with van der Waals surface area (Å²) < 4.78 is 0. The molecule has 19 heavy (non-hydrogen) atoms. The molecule has 2 unspecified atom stereocenters. The van der Waals surface area contributed by atoms with Crippen molar-refractivity contribution in [1.29, 1.82) is 0 Å². The third-order valence-electron chi connectivity index (χ3n) is 2.58. The topological polar surface area (TPSA) is 98.7 Å². The predicted molar refractivity (Wildman–Crippen MR) is 69.8 cm³/mol. The Balaban J connectivity index is 2.33. The molecular weight excluding hydrogens is 248 g/mol. The van der Waals surface area contributed by atoms with Crippen LogP contribution in [0.25, 0.3) is 0 Å². The number of aliphatic hydroxyl groups is 1. The SMILES string of the molecule is CC(O)C(NC(=O)NCCc1ccccc1)C(=O)O. The molecule has 1 aromatic carbocycles. The van der Waals surface area contributed by atoms with Gasteiger partial charge in [-0.3, -0.25) is 0 Å². The van der Waals surface area contributed by atoms with Crippen LogP contribution >= 0.6 is 0 Å². The van der Waals surface area contributed by atoms with E-state index in [4.69, 9.17) is 5.11 Å². The van der Waals surface area contributed by atoms with Gasteiger partial charge in [0.25, 0.3) is 0 Å². The van der Waals surface area contributed by atoms with Crippen molar-refractivity contribution >= 4 is 12.0 Å². The van der Waals surface area contributed by atoms with Gasteiger partial charge < -0.3 is 20.8 Å². The molecule has 0 aliphatic rings. The van der Waals surface area contributed by atoms with E-state index in [2.05, 4.69) is 10.6 Å². The number of carbonyl (C=O) groups excluding carboxylic acids is 1. The van der Waals surface area contributed by atoms with E-state index in [1.165, 1.54) is 6.92 Å². The Morgan fingerprint density at radius 3 is 2.42 bits per heavy atom. The lowest BCUT2D eigenvalue weighted by atomic mass is 10.1. The summed E-state index contributed by atoms with van der Waals surface area (Å²) in [5.41, 5.74) is 1.08. The summed E-state index contributed by atoms with van der Waals surface area (Å²) in [5, 5.41) is 22.8. The monoisotopic (exact) mass is 266 g/mol. The number of aliphatic hydroxyl groups excluding tert-OH is 1. The van der Waals surface area contributed by atoms with Gasteiger partial charge in [-0.15, -0.1) is 0 Å². The smallest absolute Gasteiger partial charge is 0.328 e. The molecule has 0 spiro atoms. The minimum Gasteiger partial charge on any atom is -0.480 e. The number of amides is 2. The van der Waals surface area contributed by atoms with E-state index in [1.54, 1.807) is 0 Å². The van der Waals surface area contributed by atoms with Crippen molar-refractivity contribution in [2.45, 2.75) is 25.5 Å². The summed E-state index contributed by atoms with van der Waals surface area (Å²) in [6.45, 7) is 1.70. The number of hydrogen-bond acceptors (Lipinski definition) is 3. The van der Waals surface area contributed by atoms with Gasteiger partial charge in [0.1, 0.15) is 0 Å². The van der Waals surface area contributed by atoms with Crippen LogP contribution in [0.1, 0.15) is 12.5 Å². The Kier molecular flexibility index (Phi) is 5.81. The van der Waals surface area contributed by atoms with E-state index in [0.29, 0.717) is 13.0 Å². The Morgan fingerprint density at radius 1 is 1.26 bits per heavy atom. The van der Waals surface area contributed by atoms with Gasteiger partial charge in [-0.1, -0.05) is 30.3 Å². The number of carbonyl (C=O) groups is 2. The highest BCUT2D eigenvalue weighted by Crippen LogP contribution is 1.98. The van der Waals surface area contributed by atoms with Crippen molar-refractivity contribution < 1.29 is 19.8 Å². The van der Waals surface area contributed by atoms with Crippen molar-refractivity contribution in [3.63, 3.8) is 0 Å². The minimum atomic E-state index is -1.31. The van der Waals surface area contributed by atoms with Gasteiger partial charge in [0, 0.05) is 6.54 Å². The first-order valence-electron chi connectivity index (χ1n) is 6.00. The number of carboxylic acid groups (broad SMARTS) is 1. The van der Waals surface area contributed by atoms with Gasteiger partial charge in [-0.05, 0) is 18.9 Å². The first-order chi connectivity index (χ1) is 9.00. The Morgan fingerprint density at radius 2 is 1.89 bits per heavy atom. The average Bonchev–Trinajstić information content (AvgIpc) is 2.36. The number of urea groups is 1. The van der Waals surface area contributed by atoms with E-state index in [0.717, 1.165) is 5.56 Å². The van der Waals surface area contributed by atoms with Crippen LogP contribution in [0, 0.1) is 0 Å². The Labute approximate surface area is 111 Å². The number of aliphatic carboxylic acids is 1. The first kappa shape index (κ1) is 15.0. The molecule has 6 nitrogen and oxygen atoms in total. The summed E-state index contributed by atoms with van der Waals surface area (Å²) in [6, 6.07) is 7.68. The number of benzene rings is 1. The van der Waals surface area contributed by atoms with E-state index >= 15 is 0 Å². The summed E-state index contributed by atoms with van der Waals surface area (Å²) in [4.78, 5) is 22.2. The van der Waals surface area contributed by atoms with Gasteiger partial charge >= 0.3 is 12.0 Å². The third-order valence-corrected chi connectivity index (χ3v) is 2.58. The molecule has 0 fully saturated rings. The molecule has 1 aromatic rings. The van der Waals surface area contributed by atoms with Crippen LogP contribution in [0.15, 0.2) is 30.3 Å². The number of rotatable bonds is 6. The molecule has 2 atom stereocenters. The lowest BCUT2D eigenvalue weighted by molar-refractivity contribution is -0.141. The van der Waals surface area contributed by atoms with Crippen molar-refractivity contribution in [3.05, 3.63) is 35.9 Å². The zero-order valence-electron chi connectivity index (χ0n) is 10.7. The third kappa shape index (κ3) is 5.39. The molecule has 2 amide bonds. The normalized spacial score (nSPS) is 13.4. The van der Waals surface area contributed by atoms with Crippen LogP contribution in [0.3, 0.4) is 0 Å². The van der Waals surface area contributed by atoms with Crippen LogP contribution in [0.4, 0.5) is 4.79 Å². The first-order valence-corrected chi connectivity index (χ1v) is 6.00. The van der Waals surface area contributed by atoms with E-state index < -0.39 is 24.1 Å². The standard InChI is InChI=1S/C13H18N2O4/c1-9(16)11(12(17)18)15-13(19)14-8-7-10-5-3-2-4-6-10/h2-6,9,11,16H,7-8H2,1H3,(H,17,18)(H2,14,15,19). The fourth-order valence-corrected chi connectivity index (χ4v) is 1.55. The molecule has 0 radical (unpaired) electrons. The fraction of sp³-hybridized carbons (Fsp3) is 0.385. The van der Waals surface area contributed by atoms with Gasteiger partial charge in [-0.2, -0.15) is 0 Å². The van der Waals surface area contributed by atoms with Gasteiger partial charge in [0.2, 0.25) is 0 Å². The van der Waals surface area contributed by atoms with E-state index in [1.807, 2.05) is 30.3 Å². The zero-order chi connectivity index (χ0) is 14.3. The molecule has 1 rings (SSSR count). The van der Waals surface area contributed by atoms with Crippen molar-refractivity contribution in [3.8, 4) is 0 Å². The fourth-order valence-electron chi connectivity index (χ4n) is 1.55. The second kappa shape index (κ2) is 7.38. The van der Waals surface area contributed by atoms with Gasteiger partial charge in [-0.25, -0.2) is 9.59 Å². The molecular formula is C13H18N2O4. The maximum Gasteiger partial charge on any atom is 0.328 e. The quantitative estimate of drug-likeness (QED) is 0.597. The number of hydrogen-bond donors (Lipinski definition) is 4. The lowest BCUT2D eigenvalue weighted by Gasteiger charge is -2.17. The van der Waals surface area contributed by atoms with E-state index in [-0.39, 0.29) is 0 Å². The summed E-state index contributed by atoms with van der Waals surface area (Å²) in [6.07, 6.45) is -0.502. The summed E-state index contributed by atoms with van der Waals surface area (Å²) in [5.74, 6) is -1.27. The molecule has 0 aliphatic heterocycles. The maximum absolute atomic E-state index is 11.5. The molecule has 0 aliphatic carbocycles. The van der Waals surface area contributed by atoms with Crippen molar-refractivity contribution in [2.75, 3.05) is 6.54 Å². The molecule has 0 bridgehead atoms. The Bertz CT molecular complexity index is 420. The Hall–Kier alpha value is -2.08. The second-order valence-electron chi connectivity index (χ2n) is 4.19. The van der Waals surface area contributed by atoms with Crippen molar-refractivity contribution in [2.24, 2.45) is 0 Å². The van der Waals surface area contributed by atoms with Crippen LogP contribution in [0.2, 0.25) is 0 Å². The van der Waals surface area contributed by atoms with Crippen LogP contribution in [0.5, 0.6) is 0 Å². The zero-order valence-corrected chi connectivity index (χ0v) is 10.7.